The summed E-state index contributed by atoms with van der Waals surface area (Å²) in [4.78, 5) is 12.3. The van der Waals surface area contributed by atoms with Crippen LogP contribution in [0.1, 0.15) is 11.4 Å². The van der Waals surface area contributed by atoms with E-state index in [0.717, 1.165) is 11.4 Å². The molecule has 0 unspecified atom stereocenters. The second-order valence-electron chi connectivity index (χ2n) is 3.06. The summed E-state index contributed by atoms with van der Waals surface area (Å²) in [6.07, 6.45) is 6.96. The SMILES string of the molecule is Cc1cnc(Cn2ccnc2N)cn1. The van der Waals surface area contributed by atoms with E-state index >= 15 is 0 Å². The zero-order valence-electron chi connectivity index (χ0n) is 7.88. The molecule has 0 fully saturated rings. The third-order valence-electron chi connectivity index (χ3n) is 1.91. The highest BCUT2D eigenvalue weighted by Crippen LogP contribution is 2.03. The third kappa shape index (κ3) is 1.71. The van der Waals surface area contributed by atoms with Gasteiger partial charge < -0.3 is 10.3 Å². The van der Waals surface area contributed by atoms with E-state index in [2.05, 4.69) is 15.0 Å². The lowest BCUT2D eigenvalue weighted by Crippen LogP contribution is -2.05. The number of aryl methyl sites for hydroxylation is 1. The molecule has 2 aromatic heterocycles. The maximum atomic E-state index is 5.62. The van der Waals surface area contributed by atoms with Crippen LogP contribution in [0.4, 0.5) is 5.95 Å². The minimum absolute atomic E-state index is 0.493. The highest BCUT2D eigenvalue weighted by molar-refractivity contribution is 5.18. The molecule has 0 amide bonds. The van der Waals surface area contributed by atoms with Crippen molar-refractivity contribution < 1.29 is 0 Å². The Labute approximate surface area is 81.6 Å². The van der Waals surface area contributed by atoms with Gasteiger partial charge in [0.05, 0.1) is 24.1 Å². The molecule has 0 spiro atoms. The highest BCUT2D eigenvalue weighted by atomic mass is 15.1. The largest absolute Gasteiger partial charge is 0.369 e. The van der Waals surface area contributed by atoms with Crippen LogP contribution >= 0.6 is 0 Å². The van der Waals surface area contributed by atoms with Gasteiger partial charge in [0.25, 0.3) is 0 Å². The summed E-state index contributed by atoms with van der Waals surface area (Å²) in [6.45, 7) is 2.52. The van der Waals surface area contributed by atoms with E-state index in [1.54, 1.807) is 18.6 Å². The average molecular weight is 189 g/mol. The molecule has 0 radical (unpaired) electrons. The van der Waals surface area contributed by atoms with Crippen molar-refractivity contribution in [2.24, 2.45) is 0 Å². The number of anilines is 1. The standard InChI is InChI=1S/C9H11N5/c1-7-4-13-8(5-12-7)6-14-3-2-11-9(14)10/h2-5H,6H2,1H3,(H2,10,11). The normalized spacial score (nSPS) is 10.4. The van der Waals surface area contributed by atoms with Crippen LogP contribution in [0, 0.1) is 6.92 Å². The molecule has 0 saturated carbocycles. The van der Waals surface area contributed by atoms with Crippen LogP contribution in [-0.4, -0.2) is 19.5 Å². The first-order valence-electron chi connectivity index (χ1n) is 4.30. The van der Waals surface area contributed by atoms with E-state index in [0.29, 0.717) is 12.5 Å². The Hall–Kier alpha value is -1.91. The van der Waals surface area contributed by atoms with Gasteiger partial charge in [-0.05, 0) is 6.92 Å². The summed E-state index contributed by atoms with van der Waals surface area (Å²) in [5.74, 6) is 0.493. The molecule has 2 N–H and O–H groups in total. The zero-order valence-corrected chi connectivity index (χ0v) is 7.88. The van der Waals surface area contributed by atoms with Crippen LogP contribution < -0.4 is 5.73 Å². The Kier molecular flexibility index (Phi) is 2.14. The van der Waals surface area contributed by atoms with Gasteiger partial charge in [0, 0.05) is 18.6 Å². The quantitative estimate of drug-likeness (QED) is 0.751. The monoisotopic (exact) mass is 189 g/mol. The van der Waals surface area contributed by atoms with Gasteiger partial charge >= 0.3 is 0 Å². The summed E-state index contributed by atoms with van der Waals surface area (Å²) in [7, 11) is 0. The van der Waals surface area contributed by atoms with Gasteiger partial charge in [-0.2, -0.15) is 0 Å². The van der Waals surface area contributed by atoms with Crippen molar-refractivity contribution in [1.82, 2.24) is 19.5 Å². The molecule has 2 aromatic rings. The van der Waals surface area contributed by atoms with Crippen molar-refractivity contribution in [2.45, 2.75) is 13.5 Å². The van der Waals surface area contributed by atoms with Crippen LogP contribution in [0.25, 0.3) is 0 Å². The summed E-state index contributed by atoms with van der Waals surface area (Å²) < 4.78 is 1.82. The lowest BCUT2D eigenvalue weighted by molar-refractivity contribution is 0.776. The van der Waals surface area contributed by atoms with Gasteiger partial charge in [-0.3, -0.25) is 9.97 Å². The number of hydrogen-bond donors (Lipinski definition) is 1. The molecule has 0 atom stereocenters. The first-order chi connectivity index (χ1) is 6.75. The zero-order chi connectivity index (χ0) is 9.97. The summed E-state index contributed by atoms with van der Waals surface area (Å²) >= 11 is 0. The molecule has 0 aromatic carbocycles. The van der Waals surface area contributed by atoms with Crippen LogP contribution in [0.2, 0.25) is 0 Å². The molecule has 0 aliphatic rings. The number of aromatic nitrogens is 4. The number of nitrogens with zero attached hydrogens (tertiary/aromatic N) is 4. The van der Waals surface area contributed by atoms with E-state index < -0.39 is 0 Å². The van der Waals surface area contributed by atoms with Crippen molar-refractivity contribution in [3.63, 3.8) is 0 Å². The molecule has 0 saturated heterocycles. The maximum absolute atomic E-state index is 5.62. The summed E-state index contributed by atoms with van der Waals surface area (Å²) in [5.41, 5.74) is 7.41. The van der Waals surface area contributed by atoms with E-state index in [1.165, 1.54) is 0 Å². The molecule has 0 aliphatic carbocycles. The number of hydrogen-bond acceptors (Lipinski definition) is 4. The van der Waals surface area contributed by atoms with Gasteiger partial charge in [-0.1, -0.05) is 0 Å². The van der Waals surface area contributed by atoms with Crippen molar-refractivity contribution in [2.75, 3.05) is 5.73 Å². The van der Waals surface area contributed by atoms with Crippen LogP contribution in [-0.2, 0) is 6.54 Å². The van der Waals surface area contributed by atoms with E-state index in [-0.39, 0.29) is 0 Å². The Balaban J connectivity index is 2.19. The molecule has 14 heavy (non-hydrogen) atoms. The van der Waals surface area contributed by atoms with Crippen LogP contribution in [0.15, 0.2) is 24.8 Å². The number of nitrogens with two attached hydrogens (primary N) is 1. The van der Waals surface area contributed by atoms with Crippen molar-refractivity contribution in [3.8, 4) is 0 Å². The predicted molar refractivity (Wildman–Crippen MR) is 52.5 cm³/mol. The van der Waals surface area contributed by atoms with Gasteiger partial charge in [-0.15, -0.1) is 0 Å². The Morgan fingerprint density at radius 1 is 1.29 bits per heavy atom. The molecular weight excluding hydrogens is 178 g/mol. The predicted octanol–water partition coefficient (Wildman–Crippen LogP) is 0.612. The lowest BCUT2D eigenvalue weighted by atomic mass is 10.4. The maximum Gasteiger partial charge on any atom is 0.200 e. The number of imidazole rings is 1. The summed E-state index contributed by atoms with van der Waals surface area (Å²) in [5, 5.41) is 0. The van der Waals surface area contributed by atoms with E-state index in [4.69, 9.17) is 5.73 Å². The Morgan fingerprint density at radius 2 is 2.14 bits per heavy atom. The van der Waals surface area contributed by atoms with E-state index in [9.17, 15) is 0 Å². The fourth-order valence-electron chi connectivity index (χ4n) is 1.15. The second-order valence-corrected chi connectivity index (χ2v) is 3.06. The molecule has 5 heteroatoms. The van der Waals surface area contributed by atoms with Gasteiger partial charge in [0.2, 0.25) is 0 Å². The fourth-order valence-corrected chi connectivity index (χ4v) is 1.15. The molecule has 5 nitrogen and oxygen atoms in total. The minimum Gasteiger partial charge on any atom is -0.369 e. The first-order valence-corrected chi connectivity index (χ1v) is 4.30. The van der Waals surface area contributed by atoms with Crippen molar-refractivity contribution >= 4 is 5.95 Å². The van der Waals surface area contributed by atoms with Crippen LogP contribution in [0.3, 0.4) is 0 Å². The average Bonchev–Trinajstić information content (AvgIpc) is 2.56. The van der Waals surface area contributed by atoms with Gasteiger partial charge in [-0.25, -0.2) is 4.98 Å². The molecular formula is C9H11N5. The van der Waals surface area contributed by atoms with Crippen molar-refractivity contribution in [3.05, 3.63) is 36.2 Å². The van der Waals surface area contributed by atoms with E-state index in [1.807, 2.05) is 17.7 Å². The topological polar surface area (TPSA) is 69.6 Å². The lowest BCUT2D eigenvalue weighted by Gasteiger charge is -2.03. The molecule has 2 heterocycles. The fraction of sp³-hybridized carbons (Fsp3) is 0.222. The molecule has 0 bridgehead atoms. The Morgan fingerprint density at radius 3 is 2.71 bits per heavy atom. The Bertz CT molecular complexity index is 417. The highest BCUT2D eigenvalue weighted by Gasteiger charge is 2.00. The number of rotatable bonds is 2. The second kappa shape index (κ2) is 3.45. The molecule has 72 valence electrons. The smallest absolute Gasteiger partial charge is 0.200 e. The van der Waals surface area contributed by atoms with Crippen molar-refractivity contribution in [1.29, 1.82) is 0 Å². The first kappa shape index (κ1) is 8.68. The third-order valence-corrected chi connectivity index (χ3v) is 1.91. The van der Waals surface area contributed by atoms with Gasteiger partial charge in [0.1, 0.15) is 0 Å². The molecule has 0 aliphatic heterocycles. The summed E-state index contributed by atoms with van der Waals surface area (Å²) in [6, 6.07) is 0. The minimum atomic E-state index is 0.493. The van der Waals surface area contributed by atoms with Crippen LogP contribution in [0.5, 0.6) is 0 Å². The van der Waals surface area contributed by atoms with Gasteiger partial charge in [0.15, 0.2) is 5.95 Å². The molecule has 2 rings (SSSR count). The number of nitrogen functional groups attached to an aromatic ring is 1.